The average Bonchev–Trinajstić information content (AvgIpc) is 2.90. The second kappa shape index (κ2) is 8.77. The quantitative estimate of drug-likeness (QED) is 0.725. The highest BCUT2D eigenvalue weighted by Gasteiger charge is 2.39. The Morgan fingerprint density at radius 1 is 1.22 bits per heavy atom. The largest absolute Gasteiger partial charge is 0.497 e. The SMILES string of the molecule is CCS(=O)(=O)N1CCOC[C@H]2CN(Cc3ccc(OC)cc3OC)CC[C@H]21. The molecular formula is C19H30N2O5S. The third-order valence-electron chi connectivity index (χ3n) is 5.55. The minimum absolute atomic E-state index is 0.0338. The molecule has 7 nitrogen and oxygen atoms in total. The number of hydrogen-bond donors (Lipinski definition) is 0. The molecule has 2 heterocycles. The first kappa shape index (κ1) is 20.4. The van der Waals surface area contributed by atoms with E-state index in [1.54, 1.807) is 25.4 Å². The Kier molecular flexibility index (Phi) is 6.62. The van der Waals surface area contributed by atoms with E-state index in [0.29, 0.717) is 19.8 Å². The summed E-state index contributed by atoms with van der Waals surface area (Å²) in [7, 11) is 0.0953. The highest BCUT2D eigenvalue weighted by Crippen LogP contribution is 2.30. The number of fused-ring (bicyclic) bond motifs is 1. The lowest BCUT2D eigenvalue weighted by atomic mass is 9.92. The van der Waals surface area contributed by atoms with Gasteiger partial charge in [0.1, 0.15) is 11.5 Å². The lowest BCUT2D eigenvalue weighted by molar-refractivity contribution is 0.0609. The van der Waals surface area contributed by atoms with E-state index in [2.05, 4.69) is 4.90 Å². The number of benzene rings is 1. The van der Waals surface area contributed by atoms with Crippen LogP contribution in [0.4, 0.5) is 0 Å². The number of hydrogen-bond acceptors (Lipinski definition) is 6. The van der Waals surface area contributed by atoms with E-state index in [-0.39, 0.29) is 17.7 Å². The molecule has 2 fully saturated rings. The molecule has 152 valence electrons. The van der Waals surface area contributed by atoms with Crippen molar-refractivity contribution in [2.24, 2.45) is 5.92 Å². The Morgan fingerprint density at radius 2 is 2.04 bits per heavy atom. The second-order valence-electron chi connectivity index (χ2n) is 7.12. The number of nitrogens with zero attached hydrogens (tertiary/aromatic N) is 2. The first-order valence-electron chi connectivity index (χ1n) is 9.49. The fraction of sp³-hybridized carbons (Fsp3) is 0.684. The molecule has 8 heteroatoms. The van der Waals surface area contributed by atoms with Crippen molar-refractivity contribution >= 4 is 10.0 Å². The maximum absolute atomic E-state index is 12.5. The molecule has 0 aromatic heterocycles. The summed E-state index contributed by atoms with van der Waals surface area (Å²) in [4.78, 5) is 2.36. The molecule has 0 bridgehead atoms. The minimum Gasteiger partial charge on any atom is -0.497 e. The second-order valence-corrected chi connectivity index (χ2v) is 9.33. The van der Waals surface area contributed by atoms with Crippen LogP contribution < -0.4 is 9.47 Å². The molecule has 0 unspecified atom stereocenters. The summed E-state index contributed by atoms with van der Waals surface area (Å²) in [6.07, 6.45) is 0.825. The first-order chi connectivity index (χ1) is 13.0. The molecule has 2 atom stereocenters. The Bertz CT molecular complexity index is 740. The predicted molar refractivity (Wildman–Crippen MR) is 104 cm³/mol. The van der Waals surface area contributed by atoms with E-state index in [1.165, 1.54) is 0 Å². The molecule has 0 aliphatic carbocycles. The van der Waals surface area contributed by atoms with Crippen LogP contribution in [0.25, 0.3) is 0 Å². The van der Waals surface area contributed by atoms with Crippen molar-refractivity contribution in [3.05, 3.63) is 23.8 Å². The number of likely N-dealkylation sites (tertiary alicyclic amines) is 1. The molecule has 0 amide bonds. The lowest BCUT2D eigenvalue weighted by Gasteiger charge is -2.41. The van der Waals surface area contributed by atoms with Gasteiger partial charge in [-0.15, -0.1) is 0 Å². The fourth-order valence-corrected chi connectivity index (χ4v) is 5.45. The summed E-state index contributed by atoms with van der Waals surface area (Å²) >= 11 is 0. The molecule has 2 aliphatic heterocycles. The third kappa shape index (κ3) is 4.56. The van der Waals surface area contributed by atoms with Gasteiger partial charge in [0.15, 0.2) is 0 Å². The summed E-state index contributed by atoms with van der Waals surface area (Å²) in [6, 6.07) is 5.90. The molecule has 1 aromatic carbocycles. The number of sulfonamides is 1. The van der Waals surface area contributed by atoms with Gasteiger partial charge in [0, 0.05) is 49.8 Å². The van der Waals surface area contributed by atoms with Gasteiger partial charge >= 0.3 is 0 Å². The molecule has 27 heavy (non-hydrogen) atoms. The van der Waals surface area contributed by atoms with Crippen LogP contribution in [0, 0.1) is 5.92 Å². The van der Waals surface area contributed by atoms with Gasteiger partial charge in [-0.3, -0.25) is 4.90 Å². The third-order valence-corrected chi connectivity index (χ3v) is 7.44. The molecular weight excluding hydrogens is 368 g/mol. The van der Waals surface area contributed by atoms with Crippen LogP contribution in [0.5, 0.6) is 11.5 Å². The monoisotopic (exact) mass is 398 g/mol. The summed E-state index contributed by atoms with van der Waals surface area (Å²) in [6.45, 7) is 5.68. The van der Waals surface area contributed by atoms with Crippen LogP contribution in [0.15, 0.2) is 18.2 Å². The smallest absolute Gasteiger partial charge is 0.214 e. The van der Waals surface area contributed by atoms with E-state index in [0.717, 1.165) is 43.1 Å². The van der Waals surface area contributed by atoms with E-state index >= 15 is 0 Å². The highest BCUT2D eigenvalue weighted by molar-refractivity contribution is 7.89. The molecule has 2 aliphatic rings. The van der Waals surface area contributed by atoms with Gasteiger partial charge in [0.2, 0.25) is 10.0 Å². The van der Waals surface area contributed by atoms with Crippen molar-refractivity contribution in [2.45, 2.75) is 25.9 Å². The summed E-state index contributed by atoms with van der Waals surface area (Å²) in [5, 5.41) is 0. The van der Waals surface area contributed by atoms with E-state index < -0.39 is 10.0 Å². The first-order valence-corrected chi connectivity index (χ1v) is 11.1. The fourth-order valence-electron chi connectivity index (χ4n) is 4.07. The maximum Gasteiger partial charge on any atom is 0.214 e. The molecule has 2 saturated heterocycles. The minimum atomic E-state index is -3.21. The number of methoxy groups -OCH3 is 2. The zero-order valence-electron chi connectivity index (χ0n) is 16.4. The summed E-state index contributed by atoms with van der Waals surface area (Å²) in [5.74, 6) is 1.91. The Balaban J connectivity index is 1.72. The molecule has 3 rings (SSSR count). The van der Waals surface area contributed by atoms with Crippen molar-refractivity contribution in [1.82, 2.24) is 9.21 Å². The van der Waals surface area contributed by atoms with Gasteiger partial charge in [-0.2, -0.15) is 4.31 Å². The Labute approximate surface area is 162 Å². The van der Waals surface area contributed by atoms with Gasteiger partial charge < -0.3 is 14.2 Å². The number of piperidine rings is 1. The molecule has 0 saturated carbocycles. The standard InChI is InChI=1S/C19H30N2O5S/c1-4-27(22,23)21-9-10-26-14-16-13-20(8-7-18(16)21)12-15-5-6-17(24-2)11-19(15)25-3/h5-6,11,16,18H,4,7-10,12-14H2,1-3H3/t16-,18-/m1/s1. The lowest BCUT2D eigenvalue weighted by Crippen LogP contribution is -2.53. The highest BCUT2D eigenvalue weighted by atomic mass is 32.2. The molecule has 0 radical (unpaired) electrons. The van der Waals surface area contributed by atoms with Crippen LogP contribution in [0.1, 0.15) is 18.9 Å². The van der Waals surface area contributed by atoms with Crippen molar-refractivity contribution in [3.63, 3.8) is 0 Å². The predicted octanol–water partition coefficient (Wildman–Crippen LogP) is 1.58. The maximum atomic E-state index is 12.5. The van der Waals surface area contributed by atoms with Gasteiger partial charge in [-0.1, -0.05) is 6.07 Å². The van der Waals surface area contributed by atoms with Crippen molar-refractivity contribution < 1.29 is 22.6 Å². The number of ether oxygens (including phenoxy) is 3. The summed E-state index contributed by atoms with van der Waals surface area (Å²) < 4.78 is 43.2. The van der Waals surface area contributed by atoms with Crippen LogP contribution in [-0.4, -0.2) is 76.5 Å². The normalized spacial score (nSPS) is 24.9. The van der Waals surface area contributed by atoms with E-state index in [9.17, 15) is 8.42 Å². The molecule has 0 N–H and O–H groups in total. The van der Waals surface area contributed by atoms with Crippen LogP contribution in [0.2, 0.25) is 0 Å². The zero-order chi connectivity index (χ0) is 19.4. The van der Waals surface area contributed by atoms with Gasteiger partial charge in [0.05, 0.1) is 33.2 Å². The van der Waals surface area contributed by atoms with Crippen molar-refractivity contribution in [3.8, 4) is 11.5 Å². The van der Waals surface area contributed by atoms with E-state index in [1.807, 2.05) is 18.2 Å². The van der Waals surface area contributed by atoms with Gasteiger partial charge in [-0.25, -0.2) is 8.42 Å². The topological polar surface area (TPSA) is 68.3 Å². The van der Waals surface area contributed by atoms with Crippen LogP contribution >= 0.6 is 0 Å². The molecule has 0 spiro atoms. The Hall–Kier alpha value is -1.35. The summed E-state index contributed by atoms with van der Waals surface area (Å²) in [5.41, 5.74) is 1.10. The molecule has 1 aromatic rings. The van der Waals surface area contributed by atoms with Crippen molar-refractivity contribution in [1.29, 1.82) is 0 Å². The van der Waals surface area contributed by atoms with Crippen LogP contribution in [0.3, 0.4) is 0 Å². The van der Waals surface area contributed by atoms with Crippen molar-refractivity contribution in [2.75, 3.05) is 52.8 Å². The average molecular weight is 399 g/mol. The zero-order valence-corrected chi connectivity index (χ0v) is 17.2. The van der Waals surface area contributed by atoms with Crippen LogP contribution in [-0.2, 0) is 21.3 Å². The number of rotatable bonds is 6. The van der Waals surface area contributed by atoms with Gasteiger partial charge in [-0.05, 0) is 19.4 Å². The van der Waals surface area contributed by atoms with E-state index in [4.69, 9.17) is 14.2 Å². The Morgan fingerprint density at radius 3 is 2.74 bits per heavy atom. The van der Waals surface area contributed by atoms with Gasteiger partial charge in [0.25, 0.3) is 0 Å².